The third-order valence-electron chi connectivity index (χ3n) is 4.02. The van der Waals surface area contributed by atoms with Crippen LogP contribution in [0.3, 0.4) is 0 Å². The molecular formula is C16H18BrF2NO2. The lowest BCUT2D eigenvalue weighted by atomic mass is 9.97. The van der Waals surface area contributed by atoms with Gasteiger partial charge in [0.2, 0.25) is 0 Å². The second kappa shape index (κ2) is 7.33. The van der Waals surface area contributed by atoms with E-state index in [1.165, 1.54) is 24.3 Å². The maximum absolute atomic E-state index is 14.3. The van der Waals surface area contributed by atoms with Crippen molar-refractivity contribution in [2.45, 2.75) is 30.8 Å². The molecule has 1 aromatic carbocycles. The van der Waals surface area contributed by atoms with Gasteiger partial charge >= 0.3 is 5.97 Å². The third-order valence-corrected chi connectivity index (χ3v) is 4.02. The Bertz CT molecular complexity index is 550. The summed E-state index contributed by atoms with van der Waals surface area (Å²) < 4.78 is 32.4. The van der Waals surface area contributed by atoms with Gasteiger partial charge in [0.05, 0.1) is 11.6 Å². The quantitative estimate of drug-likeness (QED) is 0.452. The monoisotopic (exact) mass is 373 g/mol. The van der Waals surface area contributed by atoms with Crippen LogP contribution in [0.1, 0.15) is 16.8 Å². The van der Waals surface area contributed by atoms with Crippen LogP contribution in [0.2, 0.25) is 0 Å². The fourth-order valence-corrected chi connectivity index (χ4v) is 2.80. The van der Waals surface area contributed by atoms with Gasteiger partial charge in [-0.25, -0.2) is 13.6 Å². The van der Waals surface area contributed by atoms with Gasteiger partial charge < -0.3 is 4.74 Å². The summed E-state index contributed by atoms with van der Waals surface area (Å²) in [6.07, 6.45) is 2.22. The number of piperidine rings is 1. The second-order valence-electron chi connectivity index (χ2n) is 5.24. The Balaban J connectivity index is 0.000000847. The minimum Gasteiger partial charge on any atom is -0.456 e. The molecule has 0 saturated carbocycles. The van der Waals surface area contributed by atoms with E-state index in [1.807, 2.05) is 29.9 Å². The Hall–Kier alpha value is -1.27. The van der Waals surface area contributed by atoms with E-state index in [1.54, 1.807) is 0 Å². The molecule has 0 amide bonds. The summed E-state index contributed by atoms with van der Waals surface area (Å²) in [6, 6.07) is 4.82. The molecule has 3 rings (SSSR count). The number of alkyl halides is 2. The number of carbonyl (C=O) groups excluding carboxylic acids is 1. The van der Waals surface area contributed by atoms with Gasteiger partial charge in [-0.15, -0.1) is 0 Å². The molecule has 2 bridgehead atoms. The Morgan fingerprint density at radius 3 is 2.55 bits per heavy atom. The molecule has 2 aliphatic heterocycles. The van der Waals surface area contributed by atoms with Gasteiger partial charge in [-0.2, -0.15) is 0 Å². The lowest BCUT2D eigenvalue weighted by Crippen LogP contribution is -2.52. The molecule has 3 nitrogen and oxygen atoms in total. The Labute approximate surface area is 137 Å². The average Bonchev–Trinajstić information content (AvgIpc) is 2.80. The molecule has 0 aromatic heterocycles. The first-order chi connectivity index (χ1) is 10.6. The van der Waals surface area contributed by atoms with E-state index in [2.05, 4.69) is 15.9 Å². The SMILES string of the molecule is CBr.CN1C2C=CC1C(F)[C@H](OC(=O)c1ccc(F)cc1)C2. The number of halogens is 3. The molecule has 4 atom stereocenters. The van der Waals surface area contributed by atoms with Gasteiger partial charge in [0, 0.05) is 12.5 Å². The van der Waals surface area contributed by atoms with E-state index < -0.39 is 24.1 Å². The number of nitrogens with zero attached hydrogens (tertiary/aromatic N) is 1. The highest BCUT2D eigenvalue weighted by molar-refractivity contribution is 9.08. The summed E-state index contributed by atoms with van der Waals surface area (Å²) in [5, 5.41) is 0. The van der Waals surface area contributed by atoms with Crippen molar-refractivity contribution in [1.29, 1.82) is 0 Å². The summed E-state index contributed by atoms with van der Waals surface area (Å²) in [6.45, 7) is 0. The summed E-state index contributed by atoms with van der Waals surface area (Å²) in [5.41, 5.74) is 0.234. The van der Waals surface area contributed by atoms with Crippen LogP contribution in [0.15, 0.2) is 36.4 Å². The summed E-state index contributed by atoms with van der Waals surface area (Å²) >= 11 is 2.94. The number of carbonyl (C=O) groups is 1. The average molecular weight is 374 g/mol. The molecule has 1 aromatic rings. The molecule has 0 N–H and O–H groups in total. The summed E-state index contributed by atoms with van der Waals surface area (Å²) in [5.74, 6) is 0.778. The predicted molar refractivity (Wildman–Crippen MR) is 84.4 cm³/mol. The molecule has 120 valence electrons. The van der Waals surface area contributed by atoms with Crippen molar-refractivity contribution in [3.05, 3.63) is 47.8 Å². The summed E-state index contributed by atoms with van der Waals surface area (Å²) in [4.78, 5) is 13.9. The Kier molecular flexibility index (Phi) is 5.69. The topological polar surface area (TPSA) is 29.5 Å². The number of esters is 1. The molecule has 0 spiro atoms. The van der Waals surface area contributed by atoms with E-state index in [-0.39, 0.29) is 17.6 Å². The van der Waals surface area contributed by atoms with Crippen molar-refractivity contribution >= 4 is 21.9 Å². The van der Waals surface area contributed by atoms with E-state index >= 15 is 0 Å². The van der Waals surface area contributed by atoms with Crippen LogP contribution in [-0.4, -0.2) is 48.1 Å². The first-order valence-corrected chi connectivity index (χ1v) is 8.53. The second-order valence-corrected chi connectivity index (χ2v) is 5.24. The zero-order valence-electron chi connectivity index (χ0n) is 12.4. The zero-order valence-corrected chi connectivity index (χ0v) is 14.0. The van der Waals surface area contributed by atoms with Gasteiger partial charge in [0.1, 0.15) is 11.9 Å². The molecule has 1 saturated heterocycles. The number of likely N-dealkylation sites (N-methyl/N-ethyl adjacent to an activating group) is 1. The van der Waals surface area contributed by atoms with Gasteiger partial charge in [0.25, 0.3) is 0 Å². The highest BCUT2D eigenvalue weighted by atomic mass is 79.9. The maximum atomic E-state index is 14.3. The number of ether oxygens (including phenoxy) is 1. The van der Waals surface area contributed by atoms with Crippen molar-refractivity contribution in [1.82, 2.24) is 4.90 Å². The standard InChI is InChI=1S/C15H15F2NO2.CH3Br/c1-18-11-6-7-12(18)14(17)13(8-11)20-15(19)9-2-4-10(16)5-3-9;1-2/h2-7,11-14H,8H2,1H3;1H3/t11?,12?,13-,14?;/m1./s1. The van der Waals surface area contributed by atoms with Crippen LogP contribution < -0.4 is 0 Å². The highest BCUT2D eigenvalue weighted by Crippen LogP contribution is 2.33. The van der Waals surface area contributed by atoms with Gasteiger partial charge in [-0.3, -0.25) is 4.90 Å². The van der Waals surface area contributed by atoms with Crippen LogP contribution in [0.25, 0.3) is 0 Å². The molecule has 1 fully saturated rings. The largest absolute Gasteiger partial charge is 0.456 e. The van der Waals surface area contributed by atoms with E-state index in [0.717, 1.165) is 0 Å². The first-order valence-electron chi connectivity index (χ1n) is 6.95. The fraction of sp³-hybridized carbons (Fsp3) is 0.438. The Morgan fingerprint density at radius 1 is 1.27 bits per heavy atom. The molecule has 2 heterocycles. The third kappa shape index (κ3) is 3.38. The first kappa shape index (κ1) is 17.1. The van der Waals surface area contributed by atoms with Crippen LogP contribution >= 0.6 is 15.9 Å². The molecule has 0 aliphatic carbocycles. The molecule has 2 aliphatic rings. The lowest BCUT2D eigenvalue weighted by molar-refractivity contribution is -0.0408. The van der Waals surface area contributed by atoms with Crippen LogP contribution in [0.4, 0.5) is 8.78 Å². The van der Waals surface area contributed by atoms with Crippen molar-refractivity contribution in [3.63, 3.8) is 0 Å². The molecule has 0 radical (unpaired) electrons. The molecular weight excluding hydrogens is 356 g/mol. The van der Waals surface area contributed by atoms with Gasteiger partial charge in [0.15, 0.2) is 6.17 Å². The number of benzene rings is 1. The van der Waals surface area contributed by atoms with Crippen molar-refractivity contribution < 1.29 is 18.3 Å². The number of hydrogen-bond acceptors (Lipinski definition) is 3. The molecule has 22 heavy (non-hydrogen) atoms. The van der Waals surface area contributed by atoms with Crippen LogP contribution in [0.5, 0.6) is 0 Å². The predicted octanol–water partition coefficient (Wildman–Crippen LogP) is 3.34. The fourth-order valence-electron chi connectivity index (χ4n) is 2.80. The van der Waals surface area contributed by atoms with Gasteiger partial charge in [-0.1, -0.05) is 28.1 Å². The minimum atomic E-state index is -1.24. The Morgan fingerprint density at radius 2 is 1.91 bits per heavy atom. The number of fused-ring (bicyclic) bond motifs is 2. The van der Waals surface area contributed by atoms with Crippen LogP contribution in [0, 0.1) is 5.82 Å². The van der Waals surface area contributed by atoms with Crippen molar-refractivity contribution in [2.75, 3.05) is 12.9 Å². The van der Waals surface area contributed by atoms with E-state index in [0.29, 0.717) is 6.42 Å². The van der Waals surface area contributed by atoms with Crippen LogP contribution in [-0.2, 0) is 4.74 Å². The van der Waals surface area contributed by atoms with Gasteiger partial charge in [-0.05, 0) is 37.1 Å². The minimum absolute atomic E-state index is 0.109. The number of hydrogen-bond donors (Lipinski definition) is 0. The molecule has 3 unspecified atom stereocenters. The van der Waals surface area contributed by atoms with E-state index in [4.69, 9.17) is 4.74 Å². The highest BCUT2D eigenvalue weighted by Gasteiger charge is 2.44. The smallest absolute Gasteiger partial charge is 0.338 e. The van der Waals surface area contributed by atoms with E-state index in [9.17, 15) is 13.6 Å². The lowest BCUT2D eigenvalue weighted by Gasteiger charge is -2.38. The zero-order chi connectivity index (χ0) is 16.3. The summed E-state index contributed by atoms with van der Waals surface area (Å²) in [7, 11) is 1.86. The van der Waals surface area contributed by atoms with Crippen molar-refractivity contribution in [2.24, 2.45) is 0 Å². The normalized spacial score (nSPS) is 29.7. The van der Waals surface area contributed by atoms with Crippen molar-refractivity contribution in [3.8, 4) is 0 Å². The number of rotatable bonds is 2. The molecule has 6 heteroatoms. The maximum Gasteiger partial charge on any atom is 0.338 e.